The minimum absolute atomic E-state index is 0.106. The zero-order valence-corrected chi connectivity index (χ0v) is 20.1. The first-order valence-corrected chi connectivity index (χ1v) is 12.8. The summed E-state index contributed by atoms with van der Waals surface area (Å²) in [5.74, 6) is -1.28. The number of carbonyl (C=O) groups excluding carboxylic acids is 1. The molecule has 184 valence electrons. The lowest BCUT2D eigenvalue weighted by Crippen LogP contribution is -2.35. The van der Waals surface area contributed by atoms with Crippen LogP contribution >= 0.6 is 0 Å². The van der Waals surface area contributed by atoms with Gasteiger partial charge in [0.2, 0.25) is 0 Å². The number of aryl methyl sites for hydroxylation is 1. The van der Waals surface area contributed by atoms with Crippen LogP contribution in [0.15, 0.2) is 48.8 Å². The lowest BCUT2D eigenvalue weighted by molar-refractivity contribution is -0.117. The van der Waals surface area contributed by atoms with Crippen LogP contribution in [0.4, 0.5) is 10.1 Å². The van der Waals surface area contributed by atoms with E-state index in [2.05, 4.69) is 10.00 Å². The number of hydrogen-bond donors (Lipinski definition) is 1. The maximum absolute atomic E-state index is 16.0. The maximum Gasteiger partial charge on any atom is 0.326 e. The second kappa shape index (κ2) is 9.31. The van der Waals surface area contributed by atoms with Crippen molar-refractivity contribution in [3.05, 3.63) is 76.9 Å². The summed E-state index contributed by atoms with van der Waals surface area (Å²) in [6, 6.07) is 11.1. The highest BCUT2D eigenvalue weighted by atomic mass is 32.2. The van der Waals surface area contributed by atoms with Crippen molar-refractivity contribution in [1.29, 1.82) is 0 Å². The van der Waals surface area contributed by atoms with E-state index in [1.165, 1.54) is 0 Å². The molecule has 1 amide bonds. The van der Waals surface area contributed by atoms with Gasteiger partial charge in [0.1, 0.15) is 24.6 Å². The number of carbonyl (C=O) groups is 1. The Kier molecular flexibility index (Phi) is 6.20. The van der Waals surface area contributed by atoms with Crippen LogP contribution in [-0.4, -0.2) is 48.6 Å². The van der Waals surface area contributed by atoms with Crippen LogP contribution in [0, 0.1) is 5.82 Å². The lowest BCUT2D eigenvalue weighted by atomic mass is 9.97. The van der Waals surface area contributed by atoms with Gasteiger partial charge in [0, 0.05) is 38.4 Å². The molecule has 0 saturated carbocycles. The summed E-state index contributed by atoms with van der Waals surface area (Å²) < 4.78 is 51.6. The molecular weight excluding hydrogens is 473 g/mol. The molecule has 2 aliphatic rings. The van der Waals surface area contributed by atoms with Crippen molar-refractivity contribution in [2.24, 2.45) is 7.05 Å². The number of hydrogen-bond acceptors (Lipinski definition) is 6. The van der Waals surface area contributed by atoms with Gasteiger partial charge in [-0.25, -0.2) is 13.4 Å². The monoisotopic (exact) mass is 499 g/mol. The zero-order chi connectivity index (χ0) is 24.6. The summed E-state index contributed by atoms with van der Waals surface area (Å²) in [6.07, 6.45) is 5.14. The number of fused-ring (bicyclic) bond motifs is 1. The summed E-state index contributed by atoms with van der Waals surface area (Å²) in [6.45, 7) is 1.44. The van der Waals surface area contributed by atoms with Crippen LogP contribution < -0.4 is 13.8 Å². The van der Waals surface area contributed by atoms with Gasteiger partial charge in [0.15, 0.2) is 5.82 Å². The van der Waals surface area contributed by atoms with Gasteiger partial charge in [0.05, 0.1) is 6.20 Å². The van der Waals surface area contributed by atoms with Crippen molar-refractivity contribution in [3.8, 4) is 5.75 Å². The molecular formula is C24H26FN5O4S. The minimum atomic E-state index is -4.21. The zero-order valence-electron chi connectivity index (χ0n) is 19.3. The number of anilines is 1. The third-order valence-electron chi connectivity index (χ3n) is 6.26. The van der Waals surface area contributed by atoms with Crippen LogP contribution in [-0.2, 0) is 48.0 Å². The molecule has 1 aromatic heterocycles. The third-order valence-corrected chi connectivity index (χ3v) is 7.64. The van der Waals surface area contributed by atoms with Crippen molar-refractivity contribution in [1.82, 2.24) is 19.4 Å². The normalized spacial score (nSPS) is 17.3. The lowest BCUT2D eigenvalue weighted by Gasteiger charge is -2.31. The summed E-state index contributed by atoms with van der Waals surface area (Å²) in [5, 5.41) is 4.18. The summed E-state index contributed by atoms with van der Waals surface area (Å²) in [5.41, 5.74) is 2.93. The maximum atomic E-state index is 16.0. The molecule has 11 heteroatoms. The van der Waals surface area contributed by atoms with Crippen LogP contribution in [0.3, 0.4) is 0 Å². The highest BCUT2D eigenvalue weighted by molar-refractivity contribution is 7.92. The van der Waals surface area contributed by atoms with Crippen molar-refractivity contribution >= 4 is 21.8 Å². The van der Waals surface area contributed by atoms with Gasteiger partial charge in [0.25, 0.3) is 5.91 Å². The Morgan fingerprint density at radius 2 is 1.97 bits per heavy atom. The number of amides is 1. The fourth-order valence-electron chi connectivity index (χ4n) is 4.48. The van der Waals surface area contributed by atoms with Crippen LogP contribution in [0.5, 0.6) is 5.75 Å². The number of nitrogens with one attached hydrogen (secondary N) is 1. The SMILES string of the molecule is Cn1cc(CCN2CCc3cc(OCc4ccccc4)c(N4CC(=O)NS4(=O)=O)c(F)c3C2)cn1. The van der Waals surface area contributed by atoms with Gasteiger partial charge in [-0.1, -0.05) is 30.3 Å². The molecule has 0 radical (unpaired) electrons. The molecule has 3 heterocycles. The molecule has 0 unspecified atom stereocenters. The van der Waals surface area contributed by atoms with E-state index < -0.39 is 28.5 Å². The molecule has 0 atom stereocenters. The standard InChI is InChI=1S/C24H26FN5O4S/c1-28-13-18(12-26-28)7-9-29-10-8-19-11-21(34-16-17-5-3-2-4-6-17)24(23(25)20(19)14-29)30-15-22(31)27-35(30,32)33/h2-6,11-13H,7-10,14-16H2,1H3,(H,27,31). The Labute approximate surface area is 203 Å². The predicted octanol–water partition coefficient (Wildman–Crippen LogP) is 1.92. The number of rotatable bonds is 7. The Hall–Kier alpha value is -3.44. The van der Waals surface area contributed by atoms with E-state index in [-0.39, 0.29) is 18.0 Å². The van der Waals surface area contributed by atoms with E-state index in [0.29, 0.717) is 25.1 Å². The second-order valence-corrected chi connectivity index (χ2v) is 10.4. The number of benzene rings is 2. The molecule has 5 rings (SSSR count). The molecule has 2 aromatic carbocycles. The van der Waals surface area contributed by atoms with E-state index >= 15 is 4.39 Å². The smallest absolute Gasteiger partial charge is 0.326 e. The van der Waals surface area contributed by atoms with Crippen LogP contribution in [0.1, 0.15) is 22.3 Å². The van der Waals surface area contributed by atoms with Gasteiger partial charge < -0.3 is 4.74 Å². The third kappa shape index (κ3) is 4.87. The average Bonchev–Trinajstić information content (AvgIpc) is 3.37. The fraction of sp³-hybridized carbons (Fsp3) is 0.333. The molecule has 1 saturated heterocycles. The number of nitrogens with zero attached hydrogens (tertiary/aromatic N) is 4. The van der Waals surface area contributed by atoms with Crippen molar-refractivity contribution in [2.45, 2.75) is 26.0 Å². The van der Waals surface area contributed by atoms with Crippen LogP contribution in [0.2, 0.25) is 0 Å². The highest BCUT2D eigenvalue weighted by Gasteiger charge is 2.39. The van der Waals surface area contributed by atoms with Gasteiger partial charge in [-0.15, -0.1) is 0 Å². The molecule has 0 spiro atoms. The summed E-state index contributed by atoms with van der Waals surface area (Å²) in [7, 11) is -2.35. The van der Waals surface area contributed by atoms with E-state index in [1.807, 2.05) is 54.5 Å². The van der Waals surface area contributed by atoms with Crippen molar-refractivity contribution in [2.75, 3.05) is 23.9 Å². The topological polar surface area (TPSA) is 96.8 Å². The summed E-state index contributed by atoms with van der Waals surface area (Å²) >= 11 is 0. The fourth-order valence-corrected chi connectivity index (χ4v) is 5.64. The Morgan fingerprint density at radius 3 is 2.66 bits per heavy atom. The van der Waals surface area contributed by atoms with Crippen molar-refractivity contribution < 1.29 is 22.3 Å². The molecule has 2 aliphatic heterocycles. The summed E-state index contributed by atoms with van der Waals surface area (Å²) in [4.78, 5) is 14.0. The van der Waals surface area contributed by atoms with E-state index in [0.717, 1.165) is 34.0 Å². The Bertz CT molecular complexity index is 1360. The molecule has 0 bridgehead atoms. The first-order valence-electron chi connectivity index (χ1n) is 11.3. The first-order chi connectivity index (χ1) is 16.8. The van der Waals surface area contributed by atoms with Crippen molar-refractivity contribution in [3.63, 3.8) is 0 Å². The number of halogens is 1. The predicted molar refractivity (Wildman–Crippen MR) is 127 cm³/mol. The van der Waals surface area contributed by atoms with Crippen LogP contribution in [0.25, 0.3) is 0 Å². The molecule has 3 aromatic rings. The Balaban J connectivity index is 1.45. The van der Waals surface area contributed by atoms with Gasteiger partial charge in [-0.3, -0.25) is 14.4 Å². The van der Waals surface area contributed by atoms with Gasteiger partial charge in [-0.05, 0) is 35.6 Å². The molecule has 1 fully saturated rings. The first kappa shape index (κ1) is 23.3. The van der Waals surface area contributed by atoms with Gasteiger partial charge in [-0.2, -0.15) is 13.5 Å². The largest absolute Gasteiger partial charge is 0.487 e. The molecule has 1 N–H and O–H groups in total. The average molecular weight is 500 g/mol. The molecule has 0 aliphatic carbocycles. The number of ether oxygens (including phenoxy) is 1. The number of aromatic nitrogens is 2. The molecule has 9 nitrogen and oxygen atoms in total. The Morgan fingerprint density at radius 1 is 1.17 bits per heavy atom. The molecule has 35 heavy (non-hydrogen) atoms. The van der Waals surface area contributed by atoms with Gasteiger partial charge >= 0.3 is 10.2 Å². The second-order valence-electron chi connectivity index (χ2n) is 8.78. The van der Waals surface area contributed by atoms with E-state index in [9.17, 15) is 13.2 Å². The quantitative estimate of drug-likeness (QED) is 0.534. The highest BCUT2D eigenvalue weighted by Crippen LogP contribution is 2.40. The minimum Gasteiger partial charge on any atom is -0.487 e. The van der Waals surface area contributed by atoms with E-state index in [4.69, 9.17) is 4.74 Å². The van der Waals surface area contributed by atoms with E-state index in [1.54, 1.807) is 10.7 Å².